The average molecular weight is 269 g/mol. The Kier molecular flexibility index (Phi) is 2.95. The molecule has 3 rings (SSSR count). The molecule has 1 aromatic heterocycles. The topological polar surface area (TPSA) is 81.2 Å². The van der Waals surface area contributed by atoms with Crippen molar-refractivity contribution in [1.29, 1.82) is 0 Å². The minimum absolute atomic E-state index is 0.135. The van der Waals surface area contributed by atoms with Crippen LogP contribution < -0.4 is 5.32 Å². The highest BCUT2D eigenvalue weighted by Crippen LogP contribution is 2.30. The number of phenolic OH excluding ortho intramolecular Hbond substituents is 2. The molecule has 1 heterocycles. The van der Waals surface area contributed by atoms with Crippen LogP contribution >= 0.6 is 0 Å². The van der Waals surface area contributed by atoms with Gasteiger partial charge in [0.2, 0.25) is 0 Å². The zero-order chi connectivity index (χ0) is 14.1. The first-order valence-corrected chi connectivity index (χ1v) is 6.35. The number of aromatic hydroxyl groups is 2. The van der Waals surface area contributed by atoms with Gasteiger partial charge < -0.3 is 15.5 Å². The summed E-state index contributed by atoms with van der Waals surface area (Å²) in [7, 11) is 0. The van der Waals surface area contributed by atoms with Crippen molar-refractivity contribution in [1.82, 2.24) is 10.2 Å². The Hall–Kier alpha value is -2.69. The molecule has 102 valence electrons. The number of nitrogens with one attached hydrogen (secondary N) is 2. The van der Waals surface area contributed by atoms with E-state index < -0.39 is 0 Å². The Labute approximate surface area is 115 Å². The van der Waals surface area contributed by atoms with Crippen molar-refractivity contribution in [3.05, 3.63) is 48.2 Å². The van der Waals surface area contributed by atoms with E-state index in [2.05, 4.69) is 15.5 Å². The second-order valence-corrected chi connectivity index (χ2v) is 4.78. The summed E-state index contributed by atoms with van der Waals surface area (Å²) in [6.45, 7) is 1.92. The minimum atomic E-state index is -0.137. The number of phenols is 2. The average Bonchev–Trinajstić information content (AvgIpc) is 2.89. The first kappa shape index (κ1) is 12.3. The van der Waals surface area contributed by atoms with Gasteiger partial charge in [0.1, 0.15) is 11.5 Å². The highest BCUT2D eigenvalue weighted by Gasteiger charge is 2.11. The number of aromatic nitrogens is 2. The van der Waals surface area contributed by atoms with E-state index in [1.807, 2.05) is 25.1 Å². The largest absolute Gasteiger partial charge is 0.508 e. The molecule has 0 amide bonds. The molecule has 0 saturated carbocycles. The van der Waals surface area contributed by atoms with Gasteiger partial charge >= 0.3 is 0 Å². The van der Waals surface area contributed by atoms with Gasteiger partial charge in [-0.15, -0.1) is 0 Å². The maximum absolute atomic E-state index is 9.85. The van der Waals surface area contributed by atoms with Crippen LogP contribution in [-0.2, 0) is 0 Å². The quantitative estimate of drug-likeness (QED) is 0.551. The summed E-state index contributed by atoms with van der Waals surface area (Å²) in [6, 6.07) is 10.2. The third kappa shape index (κ3) is 2.25. The summed E-state index contributed by atoms with van der Waals surface area (Å²) < 4.78 is 0. The molecular formula is C15H15N3O2. The second kappa shape index (κ2) is 4.77. The van der Waals surface area contributed by atoms with E-state index in [4.69, 9.17) is 0 Å². The molecule has 0 saturated heterocycles. The Balaban J connectivity index is 1.87. The van der Waals surface area contributed by atoms with Crippen LogP contribution in [0.15, 0.2) is 42.6 Å². The molecular weight excluding hydrogens is 254 g/mol. The number of aromatic amines is 1. The van der Waals surface area contributed by atoms with Crippen molar-refractivity contribution in [3.63, 3.8) is 0 Å². The van der Waals surface area contributed by atoms with Crippen molar-refractivity contribution >= 4 is 16.6 Å². The fraction of sp³-hybridized carbons (Fsp3) is 0.133. The summed E-state index contributed by atoms with van der Waals surface area (Å²) in [5, 5.41) is 30.6. The van der Waals surface area contributed by atoms with Gasteiger partial charge in [-0.05, 0) is 43.3 Å². The van der Waals surface area contributed by atoms with Crippen molar-refractivity contribution in [2.75, 3.05) is 5.32 Å². The van der Waals surface area contributed by atoms with Crippen LogP contribution in [-0.4, -0.2) is 20.4 Å². The molecule has 2 aromatic carbocycles. The lowest BCUT2D eigenvalue weighted by molar-refractivity contribution is 0.451. The number of fused-ring (bicyclic) bond motifs is 1. The van der Waals surface area contributed by atoms with Crippen molar-refractivity contribution in [2.24, 2.45) is 0 Å². The molecule has 4 N–H and O–H groups in total. The van der Waals surface area contributed by atoms with E-state index in [1.54, 1.807) is 12.3 Å². The lowest BCUT2D eigenvalue weighted by Crippen LogP contribution is -2.06. The van der Waals surface area contributed by atoms with E-state index in [0.29, 0.717) is 5.56 Å². The third-order valence-corrected chi connectivity index (χ3v) is 3.30. The molecule has 1 atom stereocenters. The number of hydrogen-bond donors (Lipinski definition) is 4. The van der Waals surface area contributed by atoms with Crippen molar-refractivity contribution in [3.8, 4) is 11.5 Å². The van der Waals surface area contributed by atoms with Gasteiger partial charge in [0.25, 0.3) is 0 Å². The fourth-order valence-corrected chi connectivity index (χ4v) is 2.24. The van der Waals surface area contributed by atoms with E-state index >= 15 is 0 Å². The summed E-state index contributed by atoms with van der Waals surface area (Å²) in [5.41, 5.74) is 2.51. The molecule has 1 unspecified atom stereocenters. The summed E-state index contributed by atoms with van der Waals surface area (Å²) >= 11 is 0. The Morgan fingerprint density at radius 1 is 1.15 bits per heavy atom. The van der Waals surface area contributed by atoms with Crippen molar-refractivity contribution < 1.29 is 10.2 Å². The van der Waals surface area contributed by atoms with E-state index in [9.17, 15) is 10.2 Å². The molecule has 0 radical (unpaired) electrons. The number of H-pyrrole nitrogens is 1. The van der Waals surface area contributed by atoms with Gasteiger partial charge in [-0.2, -0.15) is 5.10 Å². The van der Waals surface area contributed by atoms with Crippen molar-refractivity contribution in [2.45, 2.75) is 13.0 Å². The molecule has 20 heavy (non-hydrogen) atoms. The summed E-state index contributed by atoms with van der Waals surface area (Å²) in [5.74, 6) is 0.292. The predicted molar refractivity (Wildman–Crippen MR) is 77.9 cm³/mol. The van der Waals surface area contributed by atoms with Gasteiger partial charge in [-0.3, -0.25) is 5.10 Å². The molecule has 5 heteroatoms. The van der Waals surface area contributed by atoms with Gasteiger partial charge in [-0.25, -0.2) is 0 Å². The minimum Gasteiger partial charge on any atom is -0.508 e. The molecule has 0 fully saturated rings. The SMILES string of the molecule is CC(Nc1ccc2cn[nH]c2c1)c1cc(O)ccc1O. The summed E-state index contributed by atoms with van der Waals surface area (Å²) in [4.78, 5) is 0. The Morgan fingerprint density at radius 2 is 2.00 bits per heavy atom. The first-order chi connectivity index (χ1) is 9.63. The predicted octanol–water partition coefficient (Wildman–Crippen LogP) is 3.15. The second-order valence-electron chi connectivity index (χ2n) is 4.78. The van der Waals surface area contributed by atoms with Gasteiger partial charge in [0, 0.05) is 16.6 Å². The lowest BCUT2D eigenvalue weighted by Gasteiger charge is -2.17. The van der Waals surface area contributed by atoms with Gasteiger partial charge in [0.15, 0.2) is 0 Å². The third-order valence-electron chi connectivity index (χ3n) is 3.30. The molecule has 0 aliphatic rings. The number of anilines is 1. The fourth-order valence-electron chi connectivity index (χ4n) is 2.24. The Morgan fingerprint density at radius 3 is 2.85 bits per heavy atom. The highest BCUT2D eigenvalue weighted by molar-refractivity contribution is 5.81. The smallest absolute Gasteiger partial charge is 0.121 e. The molecule has 0 bridgehead atoms. The highest BCUT2D eigenvalue weighted by atomic mass is 16.3. The number of rotatable bonds is 3. The normalized spacial score (nSPS) is 12.4. The van der Waals surface area contributed by atoms with Crippen LogP contribution in [0.3, 0.4) is 0 Å². The molecule has 0 aliphatic carbocycles. The standard InChI is InChI=1S/C15H15N3O2/c1-9(13-7-12(19)4-5-15(13)20)17-11-3-2-10-8-16-18-14(10)6-11/h2-9,17,19-20H,1H3,(H,16,18). The van der Waals surface area contributed by atoms with Gasteiger partial charge in [-0.1, -0.05) is 0 Å². The maximum Gasteiger partial charge on any atom is 0.121 e. The molecule has 0 spiro atoms. The first-order valence-electron chi connectivity index (χ1n) is 6.35. The van der Waals surface area contributed by atoms with E-state index in [1.165, 1.54) is 12.1 Å². The zero-order valence-corrected chi connectivity index (χ0v) is 11.0. The van der Waals surface area contributed by atoms with E-state index in [0.717, 1.165) is 16.6 Å². The number of hydrogen-bond acceptors (Lipinski definition) is 4. The van der Waals surface area contributed by atoms with Gasteiger partial charge in [0.05, 0.1) is 17.8 Å². The summed E-state index contributed by atoms with van der Waals surface area (Å²) in [6.07, 6.45) is 1.77. The van der Waals surface area contributed by atoms with E-state index in [-0.39, 0.29) is 17.5 Å². The van der Waals surface area contributed by atoms with Crippen LogP contribution in [0.4, 0.5) is 5.69 Å². The zero-order valence-electron chi connectivity index (χ0n) is 11.0. The number of benzene rings is 2. The van der Waals surface area contributed by atoms with Crippen LogP contribution in [0.1, 0.15) is 18.5 Å². The monoisotopic (exact) mass is 269 g/mol. The maximum atomic E-state index is 9.85. The van der Waals surface area contributed by atoms with Crippen LogP contribution in [0.25, 0.3) is 10.9 Å². The number of nitrogens with zero attached hydrogens (tertiary/aromatic N) is 1. The lowest BCUT2D eigenvalue weighted by atomic mass is 10.1. The molecule has 3 aromatic rings. The van der Waals surface area contributed by atoms with Crippen LogP contribution in [0.5, 0.6) is 11.5 Å². The Bertz CT molecular complexity index is 752. The van der Waals surface area contributed by atoms with Crippen LogP contribution in [0, 0.1) is 0 Å². The molecule has 0 aliphatic heterocycles. The van der Waals surface area contributed by atoms with Crippen LogP contribution in [0.2, 0.25) is 0 Å². The molecule has 5 nitrogen and oxygen atoms in total.